The average molecular weight is 270 g/mol. The van der Waals surface area contributed by atoms with E-state index < -0.39 is 0 Å². The Morgan fingerprint density at radius 1 is 1.37 bits per heavy atom. The molecule has 3 N–H and O–H groups in total. The predicted octanol–water partition coefficient (Wildman–Crippen LogP) is 1.05. The number of hydrogen-bond donors (Lipinski definition) is 2. The standard InChI is InChI=1S/C14H30N4O/c1-13-5-10-18(11-6-13)9-4-3-7-16-14(15)17-8-12-19-2/h13H,3-12H2,1-2H3,(H3,15,16,17). The minimum atomic E-state index is 0.531. The molecule has 1 aliphatic rings. The summed E-state index contributed by atoms with van der Waals surface area (Å²) in [5.41, 5.74) is 5.73. The van der Waals surface area contributed by atoms with Gasteiger partial charge in [0.15, 0.2) is 5.96 Å². The Morgan fingerprint density at radius 3 is 2.79 bits per heavy atom. The fourth-order valence-electron chi connectivity index (χ4n) is 2.27. The molecule has 0 aromatic rings. The van der Waals surface area contributed by atoms with Gasteiger partial charge in [0.05, 0.1) is 6.61 Å². The number of piperidine rings is 1. The van der Waals surface area contributed by atoms with E-state index in [1.54, 1.807) is 7.11 Å². The van der Waals surface area contributed by atoms with Gasteiger partial charge >= 0.3 is 0 Å². The molecule has 0 aromatic carbocycles. The lowest BCUT2D eigenvalue weighted by atomic mass is 9.99. The van der Waals surface area contributed by atoms with Crippen molar-refractivity contribution in [1.29, 1.82) is 0 Å². The Labute approximate surface area is 117 Å². The molecular formula is C14H30N4O. The number of guanidine groups is 1. The summed E-state index contributed by atoms with van der Waals surface area (Å²) in [6.45, 7) is 8.29. The van der Waals surface area contributed by atoms with Gasteiger partial charge in [0.1, 0.15) is 0 Å². The Balaban J connectivity index is 1.96. The lowest BCUT2D eigenvalue weighted by molar-refractivity contribution is 0.190. The summed E-state index contributed by atoms with van der Waals surface area (Å²) in [7, 11) is 1.68. The minimum absolute atomic E-state index is 0.531. The van der Waals surface area contributed by atoms with E-state index in [4.69, 9.17) is 10.5 Å². The first-order valence-corrected chi connectivity index (χ1v) is 7.47. The van der Waals surface area contributed by atoms with Gasteiger partial charge in [0.25, 0.3) is 0 Å². The SMILES string of the molecule is COCCNC(N)=NCCCCN1CCC(C)CC1. The van der Waals surface area contributed by atoms with Crippen LogP contribution in [0.25, 0.3) is 0 Å². The zero-order valence-electron chi connectivity index (χ0n) is 12.5. The maximum atomic E-state index is 5.73. The molecule has 0 aromatic heterocycles. The van der Waals surface area contributed by atoms with Gasteiger partial charge in [-0.05, 0) is 51.2 Å². The normalized spacial score (nSPS) is 18.7. The molecule has 5 heteroatoms. The molecule has 1 rings (SSSR count). The average Bonchev–Trinajstić information content (AvgIpc) is 2.41. The number of ether oxygens (including phenoxy) is 1. The number of likely N-dealkylation sites (tertiary alicyclic amines) is 1. The highest BCUT2D eigenvalue weighted by Gasteiger charge is 2.14. The van der Waals surface area contributed by atoms with E-state index in [1.807, 2.05) is 0 Å². The number of nitrogens with one attached hydrogen (secondary N) is 1. The van der Waals surface area contributed by atoms with E-state index in [-0.39, 0.29) is 0 Å². The van der Waals surface area contributed by atoms with Crippen molar-refractivity contribution in [3.8, 4) is 0 Å². The predicted molar refractivity (Wildman–Crippen MR) is 80.4 cm³/mol. The molecule has 0 bridgehead atoms. The Kier molecular flexibility index (Phi) is 8.58. The largest absolute Gasteiger partial charge is 0.383 e. The molecule has 0 atom stereocenters. The lowest BCUT2D eigenvalue weighted by Gasteiger charge is -2.30. The van der Waals surface area contributed by atoms with Crippen LogP contribution in [0.15, 0.2) is 4.99 Å². The zero-order chi connectivity index (χ0) is 13.9. The van der Waals surface area contributed by atoms with Gasteiger partial charge in [-0.3, -0.25) is 4.99 Å². The Morgan fingerprint density at radius 2 is 2.11 bits per heavy atom. The van der Waals surface area contributed by atoms with Crippen molar-refractivity contribution in [3.63, 3.8) is 0 Å². The van der Waals surface area contributed by atoms with Gasteiger partial charge in [-0.2, -0.15) is 0 Å². The molecule has 0 unspecified atom stereocenters. The van der Waals surface area contributed by atoms with E-state index in [0.717, 1.165) is 25.4 Å². The van der Waals surface area contributed by atoms with Crippen LogP contribution in [0.3, 0.4) is 0 Å². The van der Waals surface area contributed by atoms with Gasteiger partial charge in [-0.1, -0.05) is 6.92 Å². The highest BCUT2D eigenvalue weighted by atomic mass is 16.5. The molecule has 0 saturated carbocycles. The fourth-order valence-corrected chi connectivity index (χ4v) is 2.27. The number of nitrogens with zero attached hydrogens (tertiary/aromatic N) is 2. The first kappa shape index (κ1) is 16.2. The Bertz CT molecular complexity index is 250. The maximum Gasteiger partial charge on any atom is 0.188 e. The number of unbranched alkanes of at least 4 members (excludes halogenated alkanes) is 1. The molecule has 19 heavy (non-hydrogen) atoms. The molecule has 1 saturated heterocycles. The summed E-state index contributed by atoms with van der Waals surface area (Å²) < 4.78 is 4.93. The van der Waals surface area contributed by atoms with Gasteiger partial charge in [0.2, 0.25) is 0 Å². The quantitative estimate of drug-likeness (QED) is 0.393. The molecule has 1 fully saturated rings. The molecular weight excluding hydrogens is 240 g/mol. The van der Waals surface area contributed by atoms with Crippen molar-refractivity contribution in [1.82, 2.24) is 10.2 Å². The highest BCUT2D eigenvalue weighted by molar-refractivity contribution is 5.77. The van der Waals surface area contributed by atoms with E-state index in [0.29, 0.717) is 12.6 Å². The molecule has 0 amide bonds. The summed E-state index contributed by atoms with van der Waals surface area (Å²) in [6, 6.07) is 0. The number of rotatable bonds is 8. The molecule has 0 aliphatic carbocycles. The topological polar surface area (TPSA) is 62.9 Å². The van der Waals surface area contributed by atoms with Crippen LogP contribution in [0.1, 0.15) is 32.6 Å². The van der Waals surface area contributed by atoms with Gasteiger partial charge in [-0.15, -0.1) is 0 Å². The zero-order valence-corrected chi connectivity index (χ0v) is 12.5. The van der Waals surface area contributed by atoms with Crippen molar-refractivity contribution in [2.24, 2.45) is 16.6 Å². The van der Waals surface area contributed by atoms with Crippen molar-refractivity contribution < 1.29 is 4.74 Å². The molecule has 1 aliphatic heterocycles. The van der Waals surface area contributed by atoms with E-state index in [1.165, 1.54) is 38.9 Å². The van der Waals surface area contributed by atoms with Crippen molar-refractivity contribution in [3.05, 3.63) is 0 Å². The van der Waals surface area contributed by atoms with E-state index >= 15 is 0 Å². The maximum absolute atomic E-state index is 5.73. The molecule has 1 heterocycles. The molecule has 0 spiro atoms. The van der Waals surface area contributed by atoms with Crippen LogP contribution in [-0.2, 0) is 4.74 Å². The van der Waals surface area contributed by atoms with Crippen LogP contribution < -0.4 is 11.1 Å². The van der Waals surface area contributed by atoms with Crippen molar-refractivity contribution >= 4 is 5.96 Å². The smallest absolute Gasteiger partial charge is 0.188 e. The summed E-state index contributed by atoms with van der Waals surface area (Å²) in [6.07, 6.45) is 5.03. The summed E-state index contributed by atoms with van der Waals surface area (Å²) in [4.78, 5) is 6.87. The molecule has 0 radical (unpaired) electrons. The number of nitrogens with two attached hydrogens (primary N) is 1. The van der Waals surface area contributed by atoms with Gasteiger partial charge in [-0.25, -0.2) is 0 Å². The van der Waals surface area contributed by atoms with Crippen LogP contribution in [0, 0.1) is 5.92 Å². The third-order valence-electron chi connectivity index (χ3n) is 3.65. The summed E-state index contributed by atoms with van der Waals surface area (Å²) in [5, 5.41) is 3.02. The number of methoxy groups -OCH3 is 1. The van der Waals surface area contributed by atoms with Crippen LogP contribution >= 0.6 is 0 Å². The van der Waals surface area contributed by atoms with Crippen LogP contribution in [0.5, 0.6) is 0 Å². The van der Waals surface area contributed by atoms with E-state index in [9.17, 15) is 0 Å². The monoisotopic (exact) mass is 270 g/mol. The second kappa shape index (κ2) is 10.0. The Hall–Kier alpha value is -0.810. The second-order valence-electron chi connectivity index (χ2n) is 5.42. The third kappa shape index (κ3) is 8.06. The third-order valence-corrected chi connectivity index (χ3v) is 3.65. The molecule has 5 nitrogen and oxygen atoms in total. The van der Waals surface area contributed by atoms with Gasteiger partial charge < -0.3 is 20.7 Å². The number of hydrogen-bond acceptors (Lipinski definition) is 3. The van der Waals surface area contributed by atoms with Crippen LogP contribution in [0.4, 0.5) is 0 Å². The van der Waals surface area contributed by atoms with Crippen LogP contribution in [0.2, 0.25) is 0 Å². The molecule has 112 valence electrons. The van der Waals surface area contributed by atoms with Crippen LogP contribution in [-0.4, -0.2) is 57.3 Å². The van der Waals surface area contributed by atoms with Crippen molar-refractivity contribution in [2.75, 3.05) is 46.4 Å². The lowest BCUT2D eigenvalue weighted by Crippen LogP contribution is -2.34. The second-order valence-corrected chi connectivity index (χ2v) is 5.42. The van der Waals surface area contributed by atoms with Crippen molar-refractivity contribution in [2.45, 2.75) is 32.6 Å². The fraction of sp³-hybridized carbons (Fsp3) is 0.929. The van der Waals surface area contributed by atoms with E-state index in [2.05, 4.69) is 22.1 Å². The first-order valence-electron chi connectivity index (χ1n) is 7.47. The van der Waals surface area contributed by atoms with Gasteiger partial charge in [0, 0.05) is 20.2 Å². The first-order chi connectivity index (χ1) is 9.22. The highest BCUT2D eigenvalue weighted by Crippen LogP contribution is 2.16. The number of aliphatic imine (C=N–C) groups is 1. The summed E-state index contributed by atoms with van der Waals surface area (Å²) >= 11 is 0. The summed E-state index contributed by atoms with van der Waals surface area (Å²) in [5.74, 6) is 1.45. The minimum Gasteiger partial charge on any atom is -0.383 e.